The van der Waals surface area contributed by atoms with E-state index in [4.69, 9.17) is 10.7 Å². The summed E-state index contributed by atoms with van der Waals surface area (Å²) in [5.41, 5.74) is 8.83. The Balaban J connectivity index is 1.86. The number of amides is 1. The van der Waals surface area contributed by atoms with E-state index in [-0.39, 0.29) is 18.3 Å². The predicted molar refractivity (Wildman–Crippen MR) is 116 cm³/mol. The maximum absolute atomic E-state index is 13.5. The zero-order valence-corrected chi connectivity index (χ0v) is 17.4. The number of aromatic nitrogens is 2. The van der Waals surface area contributed by atoms with Crippen molar-refractivity contribution in [3.63, 3.8) is 0 Å². The first-order valence-corrected chi connectivity index (χ1v) is 9.98. The van der Waals surface area contributed by atoms with Crippen LogP contribution in [0.25, 0.3) is 11.3 Å². The molecule has 0 fully saturated rings. The Morgan fingerprint density at radius 1 is 1.17 bits per heavy atom. The minimum Gasteiger partial charge on any atom is -0.340 e. The van der Waals surface area contributed by atoms with E-state index >= 15 is 0 Å². The number of nitrogens with two attached hydrogens (primary N) is 1. The van der Waals surface area contributed by atoms with E-state index in [1.54, 1.807) is 17.0 Å². The van der Waals surface area contributed by atoms with Crippen molar-refractivity contribution in [2.24, 2.45) is 5.73 Å². The van der Waals surface area contributed by atoms with E-state index in [2.05, 4.69) is 23.7 Å². The summed E-state index contributed by atoms with van der Waals surface area (Å²) in [6.07, 6.45) is 0. The number of nitrogens with zero attached hydrogens (tertiary/aromatic N) is 3. The number of anilines is 2. The lowest BCUT2D eigenvalue weighted by atomic mass is 10.0. The fourth-order valence-corrected chi connectivity index (χ4v) is 3.99. The second kappa shape index (κ2) is 7.57. The Morgan fingerprint density at radius 3 is 2.47 bits per heavy atom. The molecule has 0 saturated carbocycles. The highest BCUT2D eigenvalue weighted by molar-refractivity contribution is 5.80. The molecule has 1 aliphatic heterocycles. The third kappa shape index (κ3) is 3.68. The van der Waals surface area contributed by atoms with Gasteiger partial charge in [-0.25, -0.2) is 9.37 Å². The molecule has 7 heteroatoms. The van der Waals surface area contributed by atoms with Crippen LogP contribution in [0.3, 0.4) is 0 Å². The van der Waals surface area contributed by atoms with Gasteiger partial charge in [-0.15, -0.1) is 0 Å². The highest BCUT2D eigenvalue weighted by Gasteiger charge is 2.37. The number of rotatable bonds is 4. The Kier molecular flexibility index (Phi) is 5.07. The molecule has 156 valence electrons. The van der Waals surface area contributed by atoms with Crippen LogP contribution in [0.5, 0.6) is 0 Å². The van der Waals surface area contributed by atoms with E-state index in [0.29, 0.717) is 13.1 Å². The van der Waals surface area contributed by atoms with Crippen LogP contribution >= 0.6 is 0 Å². The first-order valence-electron chi connectivity index (χ1n) is 9.98. The predicted octanol–water partition coefficient (Wildman–Crippen LogP) is 3.78. The van der Waals surface area contributed by atoms with Crippen LogP contribution in [0.2, 0.25) is 0 Å². The molecule has 1 aromatic heterocycles. The standard InChI is InChI=1S/C23H26FN5O/c1-15-4-10-18(11-5-15)26-22-21(16-6-8-17(24)9-7-16)27-19-13-28(20(30)12-25)14-23(2,3)29(19)22/h4-11,26H,12-14,25H2,1-3H3. The van der Waals surface area contributed by atoms with Crippen LogP contribution in [-0.2, 0) is 16.9 Å². The lowest BCUT2D eigenvalue weighted by molar-refractivity contribution is -0.132. The quantitative estimate of drug-likeness (QED) is 0.690. The van der Waals surface area contributed by atoms with Gasteiger partial charge < -0.3 is 20.5 Å². The molecule has 0 atom stereocenters. The Hall–Kier alpha value is -3.19. The highest BCUT2D eigenvalue weighted by Crippen LogP contribution is 2.38. The van der Waals surface area contributed by atoms with Crippen LogP contribution in [0.1, 0.15) is 25.2 Å². The first kappa shape index (κ1) is 20.1. The number of hydrogen-bond donors (Lipinski definition) is 2. The van der Waals surface area contributed by atoms with Crippen molar-refractivity contribution >= 4 is 17.4 Å². The average molecular weight is 407 g/mol. The molecule has 2 aromatic carbocycles. The van der Waals surface area contributed by atoms with Gasteiger partial charge in [-0.3, -0.25) is 4.79 Å². The number of hydrogen-bond acceptors (Lipinski definition) is 4. The lowest BCUT2D eigenvalue weighted by Gasteiger charge is -2.40. The molecule has 0 saturated heterocycles. The second-order valence-electron chi connectivity index (χ2n) is 8.32. The highest BCUT2D eigenvalue weighted by atomic mass is 19.1. The molecule has 0 spiro atoms. The van der Waals surface area contributed by atoms with Crippen molar-refractivity contribution < 1.29 is 9.18 Å². The summed E-state index contributed by atoms with van der Waals surface area (Å²) < 4.78 is 15.7. The molecule has 3 aromatic rings. The van der Waals surface area contributed by atoms with Gasteiger partial charge in [0.1, 0.15) is 23.2 Å². The van der Waals surface area contributed by atoms with Gasteiger partial charge in [0.2, 0.25) is 5.91 Å². The summed E-state index contributed by atoms with van der Waals surface area (Å²) >= 11 is 0. The van der Waals surface area contributed by atoms with Gasteiger partial charge in [0.05, 0.1) is 18.6 Å². The molecule has 4 rings (SSSR count). The fraction of sp³-hybridized carbons (Fsp3) is 0.304. The van der Waals surface area contributed by atoms with E-state index < -0.39 is 5.54 Å². The molecule has 30 heavy (non-hydrogen) atoms. The summed E-state index contributed by atoms with van der Waals surface area (Å²) in [5.74, 6) is 1.19. The third-order valence-corrected chi connectivity index (χ3v) is 5.42. The topological polar surface area (TPSA) is 76.2 Å². The Labute approximate surface area is 175 Å². The molecule has 1 amide bonds. The lowest BCUT2D eigenvalue weighted by Crippen LogP contribution is -2.50. The van der Waals surface area contributed by atoms with Crippen LogP contribution in [0.4, 0.5) is 15.9 Å². The van der Waals surface area contributed by atoms with Gasteiger partial charge in [0, 0.05) is 17.8 Å². The number of imidazole rings is 1. The first-order chi connectivity index (χ1) is 14.3. The number of halogens is 1. The Bertz CT molecular complexity index is 1070. The molecule has 0 unspecified atom stereocenters. The van der Waals surface area contributed by atoms with Crippen LogP contribution < -0.4 is 11.1 Å². The number of carbonyl (C=O) groups excluding carboxylic acids is 1. The van der Waals surface area contributed by atoms with E-state index in [1.807, 2.05) is 31.2 Å². The largest absolute Gasteiger partial charge is 0.340 e. The third-order valence-electron chi connectivity index (χ3n) is 5.42. The fourth-order valence-electron chi connectivity index (χ4n) is 3.99. The molecule has 0 radical (unpaired) electrons. The van der Waals surface area contributed by atoms with Gasteiger partial charge in [0.25, 0.3) is 0 Å². The van der Waals surface area contributed by atoms with E-state index in [0.717, 1.165) is 28.6 Å². The SMILES string of the molecule is Cc1ccc(Nc2c(-c3ccc(F)cc3)nc3n2C(C)(C)CN(C(=O)CN)C3)cc1. The summed E-state index contributed by atoms with van der Waals surface area (Å²) in [5, 5.41) is 3.51. The van der Waals surface area contributed by atoms with Crippen LogP contribution in [0, 0.1) is 12.7 Å². The number of benzene rings is 2. The number of nitrogens with one attached hydrogen (secondary N) is 1. The minimum atomic E-state index is -0.406. The van der Waals surface area contributed by atoms with Gasteiger partial charge >= 0.3 is 0 Å². The minimum absolute atomic E-state index is 0.0317. The van der Waals surface area contributed by atoms with Gasteiger partial charge in [-0.2, -0.15) is 0 Å². The van der Waals surface area contributed by atoms with Crippen molar-refractivity contribution in [1.29, 1.82) is 0 Å². The van der Waals surface area contributed by atoms with Crippen molar-refractivity contribution in [1.82, 2.24) is 14.5 Å². The molecule has 0 aliphatic carbocycles. The maximum atomic E-state index is 13.5. The van der Waals surface area contributed by atoms with E-state index in [9.17, 15) is 9.18 Å². The average Bonchev–Trinajstić information content (AvgIpc) is 3.08. The van der Waals surface area contributed by atoms with E-state index in [1.165, 1.54) is 17.7 Å². The molecule has 3 N–H and O–H groups in total. The van der Waals surface area contributed by atoms with Crippen molar-refractivity contribution in [2.45, 2.75) is 32.9 Å². The van der Waals surface area contributed by atoms with Gasteiger partial charge in [-0.1, -0.05) is 17.7 Å². The maximum Gasteiger partial charge on any atom is 0.236 e. The number of carbonyl (C=O) groups is 1. The monoisotopic (exact) mass is 407 g/mol. The van der Waals surface area contributed by atoms with Crippen LogP contribution in [-0.4, -0.2) is 33.4 Å². The van der Waals surface area contributed by atoms with Crippen molar-refractivity contribution in [3.05, 3.63) is 65.7 Å². The number of aryl methyl sites for hydroxylation is 1. The zero-order valence-electron chi connectivity index (χ0n) is 17.4. The Morgan fingerprint density at radius 2 is 1.83 bits per heavy atom. The molecule has 6 nitrogen and oxygen atoms in total. The molecule has 2 heterocycles. The smallest absolute Gasteiger partial charge is 0.236 e. The van der Waals surface area contributed by atoms with Gasteiger partial charge in [0.15, 0.2) is 0 Å². The molecule has 0 bridgehead atoms. The molecular formula is C23H26FN5O. The normalized spacial score (nSPS) is 15.0. The van der Waals surface area contributed by atoms with Gasteiger partial charge in [-0.05, 0) is 57.2 Å². The summed E-state index contributed by atoms with van der Waals surface area (Å²) in [4.78, 5) is 18.9. The summed E-state index contributed by atoms with van der Waals surface area (Å²) in [6.45, 7) is 7.06. The summed E-state index contributed by atoms with van der Waals surface area (Å²) in [6, 6.07) is 14.4. The zero-order chi connectivity index (χ0) is 21.5. The number of fused-ring (bicyclic) bond motifs is 1. The van der Waals surface area contributed by atoms with Crippen molar-refractivity contribution in [3.8, 4) is 11.3 Å². The van der Waals surface area contributed by atoms with Crippen LogP contribution in [0.15, 0.2) is 48.5 Å². The summed E-state index contributed by atoms with van der Waals surface area (Å²) in [7, 11) is 0. The van der Waals surface area contributed by atoms with Crippen molar-refractivity contribution in [2.75, 3.05) is 18.4 Å². The second-order valence-corrected chi connectivity index (χ2v) is 8.32. The molecular weight excluding hydrogens is 381 g/mol. The molecule has 1 aliphatic rings.